The molecule has 1 aliphatic rings. The molecule has 0 saturated carbocycles. The average Bonchev–Trinajstić information content (AvgIpc) is 2.01. The lowest BCUT2D eigenvalue weighted by atomic mass is 10.4. The van der Waals surface area contributed by atoms with Crippen molar-refractivity contribution in [3.63, 3.8) is 0 Å². The molecule has 1 saturated heterocycles. The lowest BCUT2D eigenvalue weighted by Gasteiger charge is -2.30. The van der Waals surface area contributed by atoms with Crippen LogP contribution in [0.3, 0.4) is 0 Å². The van der Waals surface area contributed by atoms with Crippen molar-refractivity contribution in [3.8, 4) is 0 Å². The van der Waals surface area contributed by atoms with Crippen molar-refractivity contribution >= 4 is 37.6 Å². The molecule has 0 aliphatic carbocycles. The van der Waals surface area contributed by atoms with E-state index in [1.807, 2.05) is 0 Å². The number of hydrogen-bond acceptors (Lipinski definition) is 0. The van der Waals surface area contributed by atoms with Gasteiger partial charge in [-0.15, -0.1) is 0 Å². The normalized spacial score (nSPS) is 32.2. The topological polar surface area (TPSA) is 0 Å². The molecule has 1 unspecified atom stereocenters. The highest BCUT2D eigenvalue weighted by atomic mass is 35.6. The van der Waals surface area contributed by atoms with Crippen LogP contribution in [0.4, 0.5) is 0 Å². The zero-order valence-electron chi connectivity index (χ0n) is 7.71. The summed E-state index contributed by atoms with van der Waals surface area (Å²) in [6.45, 7) is 2.24. The van der Waals surface area contributed by atoms with Gasteiger partial charge in [-0.2, -0.15) is 22.2 Å². The largest absolute Gasteiger partial charge is 0.169 e. The minimum Gasteiger partial charge on any atom is -0.169 e. The van der Waals surface area contributed by atoms with Crippen LogP contribution in [0.2, 0.25) is 23.8 Å². The van der Waals surface area contributed by atoms with Crippen LogP contribution in [-0.4, -0.2) is 15.5 Å². The Labute approximate surface area is 87.7 Å². The summed E-state index contributed by atoms with van der Waals surface area (Å²) in [5.74, 6) is 0. The molecule has 1 rings (SSSR count). The zero-order chi connectivity index (χ0) is 9.03. The predicted molar refractivity (Wildman–Crippen MR) is 62.0 cm³/mol. The fourth-order valence-corrected chi connectivity index (χ4v) is 15.2. The lowest BCUT2D eigenvalue weighted by Crippen LogP contribution is -2.35. The van der Waals surface area contributed by atoms with E-state index in [0.717, 1.165) is 0 Å². The van der Waals surface area contributed by atoms with Crippen LogP contribution in [0.15, 0.2) is 0 Å². The Hall–Kier alpha value is 1.01. The number of unbranched alkanes of at least 4 members (excludes halogenated alkanes) is 1. The summed E-state index contributed by atoms with van der Waals surface area (Å²) in [6.07, 6.45) is 3.92. The number of halogens is 2. The monoisotopic (exact) mass is 239 g/mol. The first-order valence-corrected chi connectivity index (χ1v) is 11.4. The molecule has 0 aromatic rings. The van der Waals surface area contributed by atoms with Crippen LogP contribution in [0, 0.1) is 0 Å². The Morgan fingerprint density at radius 3 is 2.83 bits per heavy atom. The van der Waals surface area contributed by atoms with Crippen molar-refractivity contribution in [1.82, 2.24) is 0 Å². The third-order valence-electron chi connectivity index (χ3n) is 2.56. The molecule has 0 bridgehead atoms. The Bertz CT molecular complexity index is 143. The molecule has 1 aliphatic heterocycles. The first-order valence-electron chi connectivity index (χ1n) is 4.85. The molecule has 4 heteroatoms. The summed E-state index contributed by atoms with van der Waals surface area (Å²) in [5.41, 5.74) is 1.25. The second-order valence-corrected chi connectivity index (χ2v) is 14.1. The van der Waals surface area contributed by atoms with Gasteiger partial charge in [-0.1, -0.05) is 26.2 Å². The fourth-order valence-electron chi connectivity index (χ4n) is 1.82. The predicted octanol–water partition coefficient (Wildman–Crippen LogP) is 4.14. The summed E-state index contributed by atoms with van der Waals surface area (Å²) >= 11 is 12.9. The highest BCUT2D eigenvalue weighted by Gasteiger charge is 2.36. The fraction of sp³-hybridized carbons (Fsp3) is 1.00. The minimum atomic E-state index is -1.34. The van der Waals surface area contributed by atoms with Gasteiger partial charge in [-0.05, 0) is 23.8 Å². The molecule has 0 N–H and O–H groups in total. The molecule has 1 radical (unpaired) electrons. The second kappa shape index (κ2) is 5.03. The third kappa shape index (κ3) is 3.40. The molecular weight excluding hydrogens is 223 g/mol. The van der Waals surface area contributed by atoms with Crippen molar-refractivity contribution in [2.45, 2.75) is 50.0 Å². The summed E-state index contributed by atoms with van der Waals surface area (Å²) in [6, 6.07) is 3.93. The van der Waals surface area contributed by atoms with E-state index >= 15 is 0 Å². The maximum Gasteiger partial charge on any atom is 0.163 e. The molecule has 0 amide bonds. The molecule has 12 heavy (non-hydrogen) atoms. The van der Waals surface area contributed by atoms with Crippen molar-refractivity contribution in [2.75, 3.05) is 0 Å². The van der Waals surface area contributed by atoms with E-state index < -0.39 is 15.5 Å². The first-order chi connectivity index (χ1) is 5.66. The van der Waals surface area contributed by atoms with Crippen LogP contribution >= 0.6 is 22.2 Å². The summed E-state index contributed by atoms with van der Waals surface area (Å²) in [7, 11) is -1.86. The maximum atomic E-state index is 6.63. The Balaban J connectivity index is 2.35. The standard InChI is InChI=1S/C8H17Cl2Si2/c1-2-3-6-12(10)7-4-5-11(9)8-12/h2-8H2,1H3. The average molecular weight is 240 g/mol. The molecule has 0 aromatic heterocycles. The van der Waals surface area contributed by atoms with Gasteiger partial charge in [0.1, 0.15) is 0 Å². The van der Waals surface area contributed by atoms with Crippen molar-refractivity contribution in [1.29, 1.82) is 0 Å². The van der Waals surface area contributed by atoms with Crippen molar-refractivity contribution in [2.24, 2.45) is 0 Å². The van der Waals surface area contributed by atoms with Gasteiger partial charge in [0.2, 0.25) is 0 Å². The third-order valence-corrected chi connectivity index (χ3v) is 14.1. The van der Waals surface area contributed by atoms with Crippen LogP contribution in [0.1, 0.15) is 26.2 Å². The molecule has 1 fully saturated rings. The molecule has 0 nitrogen and oxygen atoms in total. The minimum absolute atomic E-state index is 0.527. The quantitative estimate of drug-likeness (QED) is 0.513. The van der Waals surface area contributed by atoms with E-state index in [4.69, 9.17) is 22.2 Å². The van der Waals surface area contributed by atoms with Crippen LogP contribution in [0.5, 0.6) is 0 Å². The van der Waals surface area contributed by atoms with E-state index in [2.05, 4.69) is 6.92 Å². The van der Waals surface area contributed by atoms with E-state index in [9.17, 15) is 0 Å². The Morgan fingerprint density at radius 2 is 2.25 bits per heavy atom. The molecule has 1 atom stereocenters. The number of hydrogen-bond donors (Lipinski definition) is 0. The van der Waals surface area contributed by atoms with E-state index in [1.54, 1.807) is 0 Å². The van der Waals surface area contributed by atoms with Gasteiger partial charge in [0, 0.05) is 0 Å². The lowest BCUT2D eigenvalue weighted by molar-refractivity contribution is 0.858. The van der Waals surface area contributed by atoms with Crippen LogP contribution in [-0.2, 0) is 0 Å². The van der Waals surface area contributed by atoms with Crippen LogP contribution < -0.4 is 0 Å². The van der Waals surface area contributed by atoms with Crippen molar-refractivity contribution < 1.29 is 0 Å². The van der Waals surface area contributed by atoms with E-state index in [1.165, 1.54) is 43.1 Å². The number of rotatable bonds is 3. The smallest absolute Gasteiger partial charge is 0.163 e. The van der Waals surface area contributed by atoms with E-state index in [0.29, 0.717) is 0 Å². The van der Waals surface area contributed by atoms with Crippen molar-refractivity contribution in [3.05, 3.63) is 0 Å². The first kappa shape index (κ1) is 11.1. The zero-order valence-corrected chi connectivity index (χ0v) is 11.2. The van der Waals surface area contributed by atoms with Gasteiger partial charge in [0.15, 0.2) is 15.5 Å². The molecule has 1 heterocycles. The van der Waals surface area contributed by atoms with Gasteiger partial charge < -0.3 is 0 Å². The molecule has 71 valence electrons. The molecular formula is C8H17Cl2Si2. The summed E-state index contributed by atoms with van der Waals surface area (Å²) < 4.78 is 0. The Kier molecular flexibility index (Phi) is 4.65. The highest BCUT2D eigenvalue weighted by Crippen LogP contribution is 2.37. The molecule has 0 spiro atoms. The maximum absolute atomic E-state index is 6.63. The summed E-state index contributed by atoms with van der Waals surface area (Å²) in [5, 5.41) is 0. The van der Waals surface area contributed by atoms with Gasteiger partial charge in [0.25, 0.3) is 0 Å². The Morgan fingerprint density at radius 1 is 1.50 bits per heavy atom. The second-order valence-electron chi connectivity index (χ2n) is 3.80. The van der Waals surface area contributed by atoms with Gasteiger partial charge in [-0.3, -0.25) is 0 Å². The SMILES string of the molecule is CCCC[Si]1(Cl)CCC[Si](Cl)C1. The molecule has 0 aromatic carbocycles. The van der Waals surface area contributed by atoms with Gasteiger partial charge in [0.05, 0.1) is 0 Å². The van der Waals surface area contributed by atoms with E-state index in [-0.39, 0.29) is 0 Å². The van der Waals surface area contributed by atoms with Gasteiger partial charge >= 0.3 is 0 Å². The highest BCUT2D eigenvalue weighted by molar-refractivity contribution is 7.28. The van der Waals surface area contributed by atoms with Crippen LogP contribution in [0.25, 0.3) is 0 Å². The summed E-state index contributed by atoms with van der Waals surface area (Å²) in [4.78, 5) is 0. The van der Waals surface area contributed by atoms with Gasteiger partial charge in [-0.25, -0.2) is 0 Å².